The van der Waals surface area contributed by atoms with E-state index in [-0.39, 0.29) is 5.52 Å². The van der Waals surface area contributed by atoms with Gasteiger partial charge in [0.05, 0.1) is 12.1 Å². The van der Waals surface area contributed by atoms with Crippen LogP contribution in [0, 0.1) is 6.92 Å². The largest absolute Gasteiger partial charge is 0.418 e. The molecule has 106 valence electrons. The quantitative estimate of drug-likeness (QED) is 0.493. The van der Waals surface area contributed by atoms with Gasteiger partial charge in [0.15, 0.2) is 5.65 Å². The minimum absolute atomic E-state index is 0.0717. The van der Waals surface area contributed by atoms with Crippen molar-refractivity contribution in [2.24, 2.45) is 0 Å². The van der Waals surface area contributed by atoms with Crippen LogP contribution >= 0.6 is 0 Å². The first-order chi connectivity index (χ1) is 9.95. The van der Waals surface area contributed by atoms with Crippen molar-refractivity contribution < 1.29 is 13.2 Å². The summed E-state index contributed by atoms with van der Waals surface area (Å²) in [4.78, 5) is 8.49. The fraction of sp³-hybridized carbons (Fsp3) is 0.200. The lowest BCUT2D eigenvalue weighted by molar-refractivity contribution is -0.136. The number of alkyl halides is 3. The number of benzene rings is 1. The molecule has 0 saturated heterocycles. The van der Waals surface area contributed by atoms with E-state index in [9.17, 15) is 13.2 Å². The Morgan fingerprint density at radius 2 is 1.90 bits per heavy atom. The number of aromatic nitrogens is 3. The molecule has 0 bridgehead atoms. The summed E-state index contributed by atoms with van der Waals surface area (Å²) >= 11 is 0. The standard InChI is InChI=1S/C15H10F3N3/c1-8-6-11(15(16,17)18)12-14(19-8)21-7-9-4-2-3-5-10(9)13(21)20-12/h2-6H,7H2,1H3. The zero-order valence-electron chi connectivity index (χ0n) is 11.1. The van der Waals surface area contributed by atoms with Crippen molar-refractivity contribution in [3.8, 4) is 11.4 Å². The van der Waals surface area contributed by atoms with Crippen LogP contribution in [0.15, 0.2) is 30.3 Å². The molecule has 0 aliphatic carbocycles. The van der Waals surface area contributed by atoms with Gasteiger partial charge in [-0.3, -0.25) is 0 Å². The maximum atomic E-state index is 13.2. The van der Waals surface area contributed by atoms with Crippen LogP contribution < -0.4 is 0 Å². The normalized spacial score (nSPS) is 13.5. The first kappa shape index (κ1) is 12.4. The number of pyridine rings is 1. The minimum atomic E-state index is -4.43. The van der Waals surface area contributed by atoms with Gasteiger partial charge < -0.3 is 4.57 Å². The predicted octanol–water partition coefficient (Wildman–Crippen LogP) is 3.79. The lowest BCUT2D eigenvalue weighted by Gasteiger charge is -2.08. The molecule has 0 amide bonds. The maximum Gasteiger partial charge on any atom is 0.418 e. The Morgan fingerprint density at radius 3 is 2.67 bits per heavy atom. The molecule has 0 fully saturated rings. The highest BCUT2D eigenvalue weighted by atomic mass is 19.4. The van der Waals surface area contributed by atoms with Crippen molar-refractivity contribution in [2.45, 2.75) is 19.6 Å². The van der Waals surface area contributed by atoms with Gasteiger partial charge in [0.2, 0.25) is 0 Å². The molecule has 1 aliphatic rings. The van der Waals surface area contributed by atoms with E-state index in [0.29, 0.717) is 23.7 Å². The molecule has 3 heterocycles. The number of hydrogen-bond donors (Lipinski definition) is 0. The number of fused-ring (bicyclic) bond motifs is 5. The maximum absolute atomic E-state index is 13.2. The summed E-state index contributed by atoms with van der Waals surface area (Å²) in [5.41, 5.74) is 1.78. The number of hydrogen-bond acceptors (Lipinski definition) is 2. The number of aryl methyl sites for hydroxylation is 1. The fourth-order valence-corrected chi connectivity index (χ4v) is 2.83. The molecule has 1 aromatic carbocycles. The number of imidazole rings is 1. The van der Waals surface area contributed by atoms with Gasteiger partial charge >= 0.3 is 6.18 Å². The Labute approximate surface area is 118 Å². The molecule has 1 aliphatic heterocycles. The van der Waals surface area contributed by atoms with E-state index in [2.05, 4.69) is 9.97 Å². The Kier molecular flexibility index (Phi) is 2.26. The molecular weight excluding hydrogens is 279 g/mol. The predicted molar refractivity (Wildman–Crippen MR) is 71.8 cm³/mol. The van der Waals surface area contributed by atoms with Crippen LogP contribution in [0.1, 0.15) is 16.8 Å². The van der Waals surface area contributed by atoms with Crippen LogP contribution in [0.4, 0.5) is 13.2 Å². The summed E-state index contributed by atoms with van der Waals surface area (Å²) in [6.45, 7) is 2.08. The third-order valence-electron chi connectivity index (χ3n) is 3.72. The Bertz CT molecular complexity index is 878. The molecule has 0 spiro atoms. The van der Waals surface area contributed by atoms with Gasteiger partial charge in [-0.15, -0.1) is 0 Å². The average molecular weight is 289 g/mol. The van der Waals surface area contributed by atoms with E-state index >= 15 is 0 Å². The van der Waals surface area contributed by atoms with Crippen LogP contribution in [-0.4, -0.2) is 14.5 Å². The zero-order valence-corrected chi connectivity index (χ0v) is 11.1. The summed E-state index contributed by atoms with van der Waals surface area (Å²) in [6.07, 6.45) is -4.43. The number of halogens is 3. The number of rotatable bonds is 0. The van der Waals surface area contributed by atoms with E-state index < -0.39 is 11.7 Å². The molecule has 6 heteroatoms. The van der Waals surface area contributed by atoms with Crippen molar-refractivity contribution in [3.05, 3.63) is 47.2 Å². The lowest BCUT2D eigenvalue weighted by Crippen LogP contribution is -2.08. The van der Waals surface area contributed by atoms with Crippen LogP contribution in [0.2, 0.25) is 0 Å². The second kappa shape index (κ2) is 3.84. The van der Waals surface area contributed by atoms with Gasteiger partial charge in [0, 0.05) is 11.3 Å². The molecule has 0 N–H and O–H groups in total. The third-order valence-corrected chi connectivity index (χ3v) is 3.72. The summed E-state index contributed by atoms with van der Waals surface area (Å²) in [6, 6.07) is 8.65. The second-order valence-electron chi connectivity index (χ2n) is 5.16. The van der Waals surface area contributed by atoms with Crippen molar-refractivity contribution in [1.29, 1.82) is 0 Å². The molecule has 3 nitrogen and oxygen atoms in total. The molecule has 0 radical (unpaired) electrons. The highest BCUT2D eigenvalue weighted by Gasteiger charge is 2.36. The first-order valence-corrected chi connectivity index (χ1v) is 6.48. The van der Waals surface area contributed by atoms with Crippen molar-refractivity contribution in [2.75, 3.05) is 0 Å². The van der Waals surface area contributed by atoms with Gasteiger partial charge in [-0.05, 0) is 18.6 Å². The molecular formula is C15H10F3N3. The van der Waals surface area contributed by atoms with Crippen LogP contribution in [0.3, 0.4) is 0 Å². The van der Waals surface area contributed by atoms with Gasteiger partial charge in [0.25, 0.3) is 0 Å². The van der Waals surface area contributed by atoms with E-state index in [1.165, 1.54) is 0 Å². The third kappa shape index (κ3) is 1.68. The smallest absolute Gasteiger partial charge is 0.304 e. The molecule has 0 saturated carbocycles. The molecule has 4 rings (SSSR count). The molecule has 2 aromatic heterocycles. The van der Waals surface area contributed by atoms with Crippen LogP contribution in [-0.2, 0) is 12.7 Å². The fourth-order valence-electron chi connectivity index (χ4n) is 2.83. The topological polar surface area (TPSA) is 30.7 Å². The highest BCUT2D eigenvalue weighted by molar-refractivity contribution is 5.83. The van der Waals surface area contributed by atoms with Gasteiger partial charge in [-0.2, -0.15) is 13.2 Å². The molecule has 0 atom stereocenters. The van der Waals surface area contributed by atoms with E-state index in [4.69, 9.17) is 0 Å². The van der Waals surface area contributed by atoms with E-state index in [1.54, 1.807) is 11.5 Å². The summed E-state index contributed by atoms with van der Waals surface area (Å²) in [5.74, 6) is 0.559. The molecule has 3 aromatic rings. The first-order valence-electron chi connectivity index (χ1n) is 6.48. The summed E-state index contributed by atoms with van der Waals surface area (Å²) < 4.78 is 41.3. The summed E-state index contributed by atoms with van der Waals surface area (Å²) in [7, 11) is 0. The number of nitrogens with zero attached hydrogens (tertiary/aromatic N) is 3. The Hall–Kier alpha value is -2.37. The Morgan fingerprint density at radius 1 is 1.14 bits per heavy atom. The van der Waals surface area contributed by atoms with E-state index in [1.807, 2.05) is 24.3 Å². The van der Waals surface area contributed by atoms with Gasteiger partial charge in [-0.1, -0.05) is 24.3 Å². The summed E-state index contributed by atoms with van der Waals surface area (Å²) in [5, 5.41) is 0. The van der Waals surface area contributed by atoms with Gasteiger partial charge in [0.1, 0.15) is 11.3 Å². The SMILES string of the molecule is Cc1cc(C(F)(F)F)c2nc3n(c2n1)Cc1ccccc1-3. The lowest BCUT2D eigenvalue weighted by atomic mass is 10.1. The van der Waals surface area contributed by atoms with Crippen molar-refractivity contribution in [3.63, 3.8) is 0 Å². The van der Waals surface area contributed by atoms with Crippen molar-refractivity contribution in [1.82, 2.24) is 14.5 Å². The van der Waals surface area contributed by atoms with Crippen molar-refractivity contribution >= 4 is 11.2 Å². The second-order valence-corrected chi connectivity index (χ2v) is 5.16. The molecule has 21 heavy (non-hydrogen) atoms. The van der Waals surface area contributed by atoms with Gasteiger partial charge in [-0.25, -0.2) is 9.97 Å². The monoisotopic (exact) mass is 289 g/mol. The molecule has 0 unspecified atom stereocenters. The van der Waals surface area contributed by atoms with Crippen LogP contribution in [0.5, 0.6) is 0 Å². The highest BCUT2D eigenvalue weighted by Crippen LogP contribution is 2.39. The average Bonchev–Trinajstić information content (AvgIpc) is 2.93. The minimum Gasteiger partial charge on any atom is -0.304 e. The van der Waals surface area contributed by atoms with Crippen LogP contribution in [0.25, 0.3) is 22.6 Å². The Balaban J connectivity index is 2.08. The zero-order chi connectivity index (χ0) is 14.8. The van der Waals surface area contributed by atoms with E-state index in [0.717, 1.165) is 17.2 Å².